The third-order valence-corrected chi connectivity index (χ3v) is 13.7. The molecule has 7 heterocycles. The third kappa shape index (κ3) is 6.74. The van der Waals surface area contributed by atoms with Crippen LogP contribution in [0, 0.1) is 0 Å². The molecule has 5 aliphatic heterocycles. The van der Waals surface area contributed by atoms with Crippen molar-refractivity contribution in [1.29, 1.82) is 0 Å². The van der Waals surface area contributed by atoms with Gasteiger partial charge in [-0.2, -0.15) is 0 Å². The molecule has 5 aliphatic rings. The van der Waals surface area contributed by atoms with Gasteiger partial charge in [0.05, 0.1) is 51.5 Å². The average molecular weight is 926 g/mol. The molecule has 9 aromatic rings. The Balaban J connectivity index is 0.962. The predicted octanol–water partition coefficient (Wildman–Crippen LogP) is 14.1. The number of aryl methyl sites for hydroxylation is 1. The van der Waals surface area contributed by atoms with Crippen molar-refractivity contribution in [2.75, 3.05) is 16.5 Å². The van der Waals surface area contributed by atoms with Crippen molar-refractivity contribution >= 4 is 80.2 Å². The summed E-state index contributed by atoms with van der Waals surface area (Å²) in [6.45, 7) is -2.71. The first kappa shape index (κ1) is 30.4. The van der Waals surface area contributed by atoms with E-state index in [9.17, 15) is 4.11 Å². The van der Waals surface area contributed by atoms with Gasteiger partial charge < -0.3 is 28.7 Å². The maximum atomic E-state index is 9.23. The van der Waals surface area contributed by atoms with Crippen molar-refractivity contribution in [2.24, 2.45) is 6.98 Å². The Morgan fingerprint density at radius 3 is 2.01 bits per heavy atom. The van der Waals surface area contributed by atoms with Crippen LogP contribution in [0.4, 0.5) is 22.7 Å². The summed E-state index contributed by atoms with van der Waals surface area (Å²) in [5, 5.41) is 0.522. The van der Waals surface area contributed by atoms with Gasteiger partial charge in [-0.3, -0.25) is 4.57 Å². The number of imidazole rings is 1. The van der Waals surface area contributed by atoms with Crippen LogP contribution >= 0.6 is 0 Å². The molecule has 71 heavy (non-hydrogen) atoms. The molecule has 8 nitrogen and oxygen atoms in total. The van der Waals surface area contributed by atoms with E-state index in [-0.39, 0.29) is 76.9 Å². The van der Waals surface area contributed by atoms with Gasteiger partial charge in [-0.05, 0) is 137 Å². The van der Waals surface area contributed by atoms with Crippen molar-refractivity contribution < 1.29 is 21.2 Å². The lowest BCUT2D eigenvalue weighted by Gasteiger charge is -2.35. The van der Waals surface area contributed by atoms with E-state index >= 15 is 0 Å². The zero-order valence-electron chi connectivity index (χ0n) is 49.8. The molecule has 0 aliphatic carbocycles. The minimum atomic E-state index is -2.78. The van der Waals surface area contributed by atoms with E-state index in [1.165, 1.54) is 4.57 Å². The predicted molar refractivity (Wildman–Crippen MR) is 295 cm³/mol. The molecule has 0 amide bonds. The number of ether oxygens (including phenoxy) is 1. The second-order valence-corrected chi connectivity index (χ2v) is 17.6. The molecule has 0 saturated carbocycles. The third-order valence-electron chi connectivity index (χ3n) is 13.7. The van der Waals surface area contributed by atoms with E-state index in [4.69, 9.17) is 22.1 Å². The van der Waals surface area contributed by atoms with Crippen molar-refractivity contribution in [3.63, 3.8) is 0 Å². The number of anilines is 4. The van der Waals surface area contributed by atoms with Crippen molar-refractivity contribution in [2.45, 2.75) is 0 Å². The van der Waals surface area contributed by atoms with E-state index in [0.29, 0.717) is 16.6 Å². The number of aromatic nitrogens is 3. The maximum absolute atomic E-state index is 9.23. The van der Waals surface area contributed by atoms with Crippen molar-refractivity contribution in [3.8, 4) is 28.6 Å². The number of nitrogens with zero attached hydrogens (tertiary/aromatic N) is 7. The van der Waals surface area contributed by atoms with Crippen LogP contribution in [-0.4, -0.2) is 44.1 Å². The second kappa shape index (κ2) is 16.5. The van der Waals surface area contributed by atoms with E-state index < -0.39 is 55.3 Å². The zero-order valence-corrected chi connectivity index (χ0v) is 37.8. The number of para-hydroxylation sites is 6. The summed E-state index contributed by atoms with van der Waals surface area (Å²) in [4.78, 5) is 13.6. The van der Waals surface area contributed by atoms with Crippen LogP contribution < -0.4 is 14.5 Å². The number of benzene rings is 7. The summed E-state index contributed by atoms with van der Waals surface area (Å²) in [5.41, 5.74) is 8.58. The maximum Gasteiger partial charge on any atom is 0.320 e. The fourth-order valence-corrected chi connectivity index (χ4v) is 10.6. The van der Waals surface area contributed by atoms with Crippen LogP contribution in [0.5, 0.6) is 11.5 Å². The first-order valence-corrected chi connectivity index (χ1v) is 23.3. The summed E-state index contributed by atoms with van der Waals surface area (Å²) in [6, 6.07) is 27.3. The fourth-order valence-electron chi connectivity index (χ4n) is 10.6. The molecule has 0 unspecified atom stereocenters. The van der Waals surface area contributed by atoms with Gasteiger partial charge in [-0.15, -0.1) is 0 Å². The number of hydrogen-bond acceptors (Lipinski definition) is 6. The highest BCUT2D eigenvalue weighted by Gasteiger charge is 2.37. The van der Waals surface area contributed by atoms with Crippen LogP contribution in [0.15, 0.2) is 243 Å². The monoisotopic (exact) mass is 925 g/mol. The molecule has 2 aromatic heterocycles. The molecule has 14 rings (SSSR count). The Labute approximate surface area is 430 Å². The van der Waals surface area contributed by atoms with E-state index in [0.717, 1.165) is 43.7 Å². The number of rotatable bonds is 8. The molecule has 0 N–H and O–H groups in total. The van der Waals surface area contributed by atoms with Gasteiger partial charge in [0.2, 0.25) is 5.95 Å². The lowest BCUT2D eigenvalue weighted by molar-refractivity contribution is 0.483. The highest BCUT2D eigenvalue weighted by Crippen LogP contribution is 2.51. The van der Waals surface area contributed by atoms with Gasteiger partial charge in [0.15, 0.2) is 0 Å². The largest absolute Gasteiger partial charge is 0.457 e. The molecule has 336 valence electrons. The number of allylic oxidation sites excluding steroid dienone is 8. The second-order valence-electron chi connectivity index (χ2n) is 17.6. The van der Waals surface area contributed by atoms with Gasteiger partial charge in [0.25, 0.3) is 0 Å². The molecule has 7 aromatic carbocycles. The molecular formula is C61H45B2N7O. The lowest BCUT2D eigenvalue weighted by atomic mass is 9.48. The Kier molecular flexibility index (Phi) is 7.07. The normalized spacial score (nSPS) is 18.1. The molecular weight excluding hydrogens is 868 g/mol. The van der Waals surface area contributed by atoms with Crippen LogP contribution in [0.25, 0.3) is 60.9 Å². The summed E-state index contributed by atoms with van der Waals surface area (Å²) in [6.07, 6.45) is 24.9. The summed E-state index contributed by atoms with van der Waals surface area (Å²) < 4.78 is 116. The van der Waals surface area contributed by atoms with Gasteiger partial charge in [-0.1, -0.05) is 127 Å². The van der Waals surface area contributed by atoms with E-state index in [1.54, 1.807) is 54.6 Å². The number of hydrogen-bond donors (Lipinski definition) is 0. The van der Waals surface area contributed by atoms with Crippen LogP contribution in [-0.2, 0) is 6.98 Å². The molecule has 0 spiro atoms. The SMILES string of the molecule is [2H]c1c([2H])c([2H])c(-c2cc(Oc3ccc4c5c([2H])c([2H])c([2H])c([2H])c5n(-c5nc6ccccc6n5C([2H])([2H])[2H])c4c3)cc(N3CN(c4c(C5=CC=CN6C=CC=CB56)cccc4C4=CC=CN5C=CC=CB45)c4ccccc43)c2)c([2H])c1[2H]. The summed E-state index contributed by atoms with van der Waals surface area (Å²) >= 11 is 0. The standard InChI is InChI=1S/C61H45B2N7O/c1-65-56-27-8-6-25-54(56)64-61(65)70-55-26-7-5-20-48(55)49-31-30-46(41-59(49)70)71-47-39-44(43-18-3-2-4-19-43)38-45(40-47)68-42-69(58-29-10-9-28-57(58)68)60-50(52-23-16-36-66-34-13-11-32-62(52)66)21-15-22-51(60)53-24-17-37-67-35-14-12-33-63(53)67/h2-41H,42H2,1H3/i1D3,2D,3D,4D,5D,7D,18D,19D,20D,26D. The van der Waals surface area contributed by atoms with E-state index in [2.05, 4.69) is 117 Å². The quantitative estimate of drug-likeness (QED) is 0.142. The molecule has 0 bridgehead atoms. The average Bonchev–Trinajstić information content (AvgIpc) is 3.73. The molecule has 0 fully saturated rings. The molecule has 10 heteroatoms. The van der Waals surface area contributed by atoms with Crippen LogP contribution in [0.1, 0.15) is 27.6 Å². The lowest BCUT2D eigenvalue weighted by Crippen LogP contribution is -2.36. The Bertz CT molecular complexity index is 4470. The molecule has 0 atom stereocenters. The topological polar surface area (TPSA) is 44.9 Å². The van der Waals surface area contributed by atoms with Gasteiger partial charge in [0.1, 0.15) is 18.2 Å². The Morgan fingerprint density at radius 2 is 1.25 bits per heavy atom. The highest BCUT2D eigenvalue weighted by molar-refractivity contribution is 6.83. The number of fused-ring (bicyclic) bond motifs is 7. The Hall–Kier alpha value is -9.14. The summed E-state index contributed by atoms with van der Waals surface area (Å²) in [5.74, 6) is 4.67. The van der Waals surface area contributed by atoms with Gasteiger partial charge >= 0.3 is 13.7 Å². The van der Waals surface area contributed by atoms with Crippen LogP contribution in [0.3, 0.4) is 0 Å². The van der Waals surface area contributed by atoms with Crippen LogP contribution in [0.2, 0.25) is 0 Å². The Morgan fingerprint density at radius 1 is 0.563 bits per heavy atom. The fraction of sp³-hybridized carbons (Fsp3) is 0.0328. The van der Waals surface area contributed by atoms with Gasteiger partial charge in [-0.25, -0.2) is 4.98 Å². The van der Waals surface area contributed by atoms with Crippen molar-refractivity contribution in [3.05, 3.63) is 254 Å². The van der Waals surface area contributed by atoms with Crippen molar-refractivity contribution in [1.82, 2.24) is 23.7 Å². The van der Waals surface area contributed by atoms with E-state index in [1.807, 2.05) is 36.4 Å². The first-order valence-electron chi connectivity index (χ1n) is 29.3. The first-order chi connectivity index (χ1) is 40.1. The smallest absolute Gasteiger partial charge is 0.320 e. The minimum absolute atomic E-state index is 0.0117. The molecule has 0 radical (unpaired) electrons. The van der Waals surface area contributed by atoms with Gasteiger partial charge in [0, 0.05) is 39.7 Å². The highest BCUT2D eigenvalue weighted by atomic mass is 16.5. The molecule has 0 saturated heterocycles. The zero-order chi connectivity index (χ0) is 57.3. The summed E-state index contributed by atoms with van der Waals surface area (Å²) in [7, 11) is 0. The minimum Gasteiger partial charge on any atom is -0.457 e.